The van der Waals surface area contributed by atoms with Crippen molar-refractivity contribution in [2.24, 2.45) is 5.73 Å². The number of amides is 2. The molecule has 1 fully saturated rings. The van der Waals surface area contributed by atoms with E-state index in [0.717, 1.165) is 6.42 Å². The first-order valence-electron chi connectivity index (χ1n) is 5.55. The van der Waals surface area contributed by atoms with Gasteiger partial charge in [-0.2, -0.15) is 0 Å². The molecule has 1 rings (SSSR count). The summed E-state index contributed by atoms with van der Waals surface area (Å²) in [7, 11) is 0. The van der Waals surface area contributed by atoms with Gasteiger partial charge in [-0.1, -0.05) is 19.1 Å². The minimum absolute atomic E-state index is 0.0120. The standard InChI is InChI=1S/C10H19N3O2S/c1-2-3-13(8-9(11)16)10(14)12-4-6-15-7-5-12/h2-8H2,1H3,(H2,11,16). The molecular weight excluding hydrogens is 226 g/mol. The Kier molecular flexibility index (Phi) is 5.48. The van der Waals surface area contributed by atoms with Gasteiger partial charge in [0, 0.05) is 19.6 Å². The molecule has 1 aliphatic rings. The van der Waals surface area contributed by atoms with Crippen LogP contribution in [0.1, 0.15) is 13.3 Å². The predicted molar refractivity (Wildman–Crippen MR) is 66.4 cm³/mol. The fourth-order valence-electron chi connectivity index (χ4n) is 1.65. The molecule has 0 aliphatic carbocycles. The summed E-state index contributed by atoms with van der Waals surface area (Å²) >= 11 is 4.85. The summed E-state index contributed by atoms with van der Waals surface area (Å²) in [4.78, 5) is 16.0. The van der Waals surface area contributed by atoms with Crippen molar-refractivity contribution in [1.29, 1.82) is 0 Å². The molecule has 2 amide bonds. The van der Waals surface area contributed by atoms with E-state index in [1.54, 1.807) is 9.80 Å². The van der Waals surface area contributed by atoms with Crippen LogP contribution in [0.2, 0.25) is 0 Å². The maximum Gasteiger partial charge on any atom is 0.320 e. The molecule has 0 atom stereocenters. The number of hydrogen-bond donors (Lipinski definition) is 1. The highest BCUT2D eigenvalue weighted by molar-refractivity contribution is 7.80. The molecule has 1 aliphatic heterocycles. The number of urea groups is 1. The minimum atomic E-state index is 0.0120. The average molecular weight is 245 g/mol. The molecule has 0 spiro atoms. The Bertz CT molecular complexity index is 254. The van der Waals surface area contributed by atoms with Gasteiger partial charge in [0.05, 0.1) is 24.7 Å². The van der Waals surface area contributed by atoms with E-state index in [-0.39, 0.29) is 6.03 Å². The molecule has 0 saturated carbocycles. The third-order valence-corrected chi connectivity index (χ3v) is 2.52. The number of rotatable bonds is 4. The fraction of sp³-hybridized carbons (Fsp3) is 0.800. The first-order chi connectivity index (χ1) is 7.65. The molecule has 16 heavy (non-hydrogen) atoms. The van der Waals surface area contributed by atoms with Crippen LogP contribution in [-0.4, -0.2) is 60.2 Å². The smallest absolute Gasteiger partial charge is 0.320 e. The van der Waals surface area contributed by atoms with Crippen LogP contribution in [0.15, 0.2) is 0 Å². The van der Waals surface area contributed by atoms with Crippen LogP contribution in [0, 0.1) is 0 Å². The summed E-state index contributed by atoms with van der Waals surface area (Å²) < 4.78 is 5.21. The van der Waals surface area contributed by atoms with E-state index in [2.05, 4.69) is 0 Å². The third-order valence-electron chi connectivity index (χ3n) is 2.39. The second kappa shape index (κ2) is 6.65. The van der Waals surface area contributed by atoms with Gasteiger partial charge in [-0.05, 0) is 6.42 Å². The second-order valence-electron chi connectivity index (χ2n) is 3.77. The van der Waals surface area contributed by atoms with E-state index in [1.165, 1.54) is 0 Å². The number of nitrogens with zero attached hydrogens (tertiary/aromatic N) is 2. The zero-order valence-corrected chi connectivity index (χ0v) is 10.5. The molecule has 0 radical (unpaired) electrons. The van der Waals surface area contributed by atoms with Crippen molar-refractivity contribution in [2.45, 2.75) is 13.3 Å². The van der Waals surface area contributed by atoms with Gasteiger partial charge >= 0.3 is 6.03 Å². The first kappa shape index (κ1) is 13.2. The van der Waals surface area contributed by atoms with Gasteiger partial charge in [-0.15, -0.1) is 0 Å². The lowest BCUT2D eigenvalue weighted by molar-refractivity contribution is 0.0445. The quantitative estimate of drug-likeness (QED) is 0.730. The number of ether oxygens (including phenoxy) is 1. The van der Waals surface area contributed by atoms with Crippen LogP contribution in [0.5, 0.6) is 0 Å². The highest BCUT2D eigenvalue weighted by atomic mass is 32.1. The van der Waals surface area contributed by atoms with E-state index in [9.17, 15) is 4.79 Å². The largest absolute Gasteiger partial charge is 0.392 e. The van der Waals surface area contributed by atoms with Crippen LogP contribution >= 0.6 is 12.2 Å². The van der Waals surface area contributed by atoms with Crippen LogP contribution < -0.4 is 5.73 Å². The Morgan fingerprint density at radius 1 is 1.50 bits per heavy atom. The topological polar surface area (TPSA) is 58.8 Å². The van der Waals surface area contributed by atoms with Crippen molar-refractivity contribution >= 4 is 23.2 Å². The number of thiocarbonyl (C=S) groups is 1. The molecule has 5 nitrogen and oxygen atoms in total. The van der Waals surface area contributed by atoms with Crippen LogP contribution in [0.3, 0.4) is 0 Å². The van der Waals surface area contributed by atoms with E-state index in [4.69, 9.17) is 22.7 Å². The van der Waals surface area contributed by atoms with Crippen molar-refractivity contribution in [3.63, 3.8) is 0 Å². The zero-order chi connectivity index (χ0) is 12.0. The molecular formula is C10H19N3O2S. The Balaban J connectivity index is 2.54. The SMILES string of the molecule is CCCN(CC(N)=S)C(=O)N1CCOCC1. The molecule has 0 bridgehead atoms. The zero-order valence-electron chi connectivity index (χ0n) is 9.65. The van der Waals surface area contributed by atoms with Gasteiger partial charge in [0.15, 0.2) is 0 Å². The summed E-state index contributed by atoms with van der Waals surface area (Å²) in [6.45, 7) is 5.59. The van der Waals surface area contributed by atoms with E-state index < -0.39 is 0 Å². The van der Waals surface area contributed by atoms with Gasteiger partial charge in [-0.3, -0.25) is 0 Å². The number of morpholine rings is 1. The van der Waals surface area contributed by atoms with Gasteiger partial charge in [0.25, 0.3) is 0 Å². The Hall–Kier alpha value is -0.880. The Morgan fingerprint density at radius 3 is 2.62 bits per heavy atom. The molecule has 0 aromatic carbocycles. The first-order valence-corrected chi connectivity index (χ1v) is 5.96. The van der Waals surface area contributed by atoms with Gasteiger partial charge in [0.1, 0.15) is 0 Å². The molecule has 6 heteroatoms. The summed E-state index contributed by atoms with van der Waals surface area (Å²) in [5, 5.41) is 0. The van der Waals surface area contributed by atoms with E-state index >= 15 is 0 Å². The molecule has 1 saturated heterocycles. The number of carbonyl (C=O) groups is 1. The van der Waals surface area contributed by atoms with E-state index in [0.29, 0.717) is 44.4 Å². The highest BCUT2D eigenvalue weighted by Crippen LogP contribution is 2.04. The van der Waals surface area contributed by atoms with Crippen LogP contribution in [0.4, 0.5) is 4.79 Å². The highest BCUT2D eigenvalue weighted by Gasteiger charge is 2.22. The molecule has 92 valence electrons. The lowest BCUT2D eigenvalue weighted by atomic mass is 10.4. The maximum absolute atomic E-state index is 12.1. The summed E-state index contributed by atoms with van der Waals surface area (Å²) in [6.07, 6.45) is 0.901. The molecule has 0 aromatic rings. The van der Waals surface area contributed by atoms with Crippen molar-refractivity contribution in [1.82, 2.24) is 9.80 Å². The summed E-state index contributed by atoms with van der Waals surface area (Å²) in [6, 6.07) is 0.0120. The van der Waals surface area contributed by atoms with Gasteiger partial charge in [-0.25, -0.2) is 4.79 Å². The molecule has 2 N–H and O–H groups in total. The number of carbonyl (C=O) groups excluding carboxylic acids is 1. The van der Waals surface area contributed by atoms with Gasteiger partial charge < -0.3 is 20.3 Å². The Morgan fingerprint density at radius 2 is 2.12 bits per heavy atom. The van der Waals surface area contributed by atoms with Crippen molar-refractivity contribution in [3.8, 4) is 0 Å². The molecule has 0 aromatic heterocycles. The van der Waals surface area contributed by atoms with Crippen molar-refractivity contribution < 1.29 is 9.53 Å². The minimum Gasteiger partial charge on any atom is -0.392 e. The normalized spacial score (nSPS) is 15.9. The van der Waals surface area contributed by atoms with Crippen molar-refractivity contribution in [3.05, 3.63) is 0 Å². The lowest BCUT2D eigenvalue weighted by Crippen LogP contribution is -2.50. The molecule has 1 heterocycles. The number of hydrogen-bond acceptors (Lipinski definition) is 3. The summed E-state index contributed by atoms with van der Waals surface area (Å²) in [5.41, 5.74) is 5.49. The van der Waals surface area contributed by atoms with Crippen molar-refractivity contribution in [2.75, 3.05) is 39.4 Å². The molecule has 0 unspecified atom stereocenters. The van der Waals surface area contributed by atoms with Gasteiger partial charge in [0.2, 0.25) is 0 Å². The fourth-order valence-corrected chi connectivity index (χ4v) is 1.81. The van der Waals surface area contributed by atoms with Crippen LogP contribution in [-0.2, 0) is 4.74 Å². The Labute approximate surface area is 102 Å². The number of nitrogens with two attached hydrogens (primary N) is 1. The third kappa shape index (κ3) is 3.94. The second-order valence-corrected chi connectivity index (χ2v) is 4.29. The monoisotopic (exact) mass is 245 g/mol. The maximum atomic E-state index is 12.1. The van der Waals surface area contributed by atoms with E-state index in [1.807, 2.05) is 6.92 Å². The average Bonchev–Trinajstić information content (AvgIpc) is 2.28. The van der Waals surface area contributed by atoms with Crippen LogP contribution in [0.25, 0.3) is 0 Å². The predicted octanol–water partition coefficient (Wildman–Crippen LogP) is 0.437. The lowest BCUT2D eigenvalue weighted by Gasteiger charge is -2.32. The summed E-state index contributed by atoms with van der Waals surface area (Å²) in [5.74, 6) is 0.